The maximum absolute atomic E-state index is 12.9. The number of carboxylic acid groups (broad SMARTS) is 1. The van der Waals surface area contributed by atoms with Gasteiger partial charge in [0.25, 0.3) is 5.91 Å². The number of carboxylic acids is 1. The Labute approximate surface area is 136 Å². The van der Waals surface area contributed by atoms with Crippen LogP contribution in [0.1, 0.15) is 42.5 Å². The number of ether oxygens (including phenoxy) is 2. The molecule has 0 unspecified atom stereocenters. The van der Waals surface area contributed by atoms with Crippen LogP contribution in [0, 0.1) is 0 Å². The summed E-state index contributed by atoms with van der Waals surface area (Å²) in [6.45, 7) is 0. The Kier molecular flexibility index (Phi) is 5.13. The molecule has 0 spiro atoms. The molecule has 0 saturated heterocycles. The molecular weight excluding hydrogens is 298 g/mol. The maximum atomic E-state index is 12.9. The first-order valence-electron chi connectivity index (χ1n) is 7.70. The van der Waals surface area contributed by atoms with Crippen molar-refractivity contribution in [3.8, 4) is 11.5 Å². The average molecular weight is 321 g/mol. The summed E-state index contributed by atoms with van der Waals surface area (Å²) in [7, 11) is 4.55. The number of rotatable bonds is 5. The minimum absolute atomic E-state index is 0.306. The highest BCUT2D eigenvalue weighted by molar-refractivity contribution is 6.00. The number of hydrogen-bond acceptors (Lipinski definition) is 4. The number of methoxy groups -OCH3 is 2. The summed E-state index contributed by atoms with van der Waals surface area (Å²) in [6, 6.07) is 4.92. The van der Waals surface area contributed by atoms with Gasteiger partial charge in [0.05, 0.1) is 19.8 Å². The molecule has 1 amide bonds. The third-order valence-corrected chi connectivity index (χ3v) is 4.66. The first-order valence-corrected chi connectivity index (χ1v) is 7.70. The average Bonchev–Trinajstić information content (AvgIpc) is 2.60. The summed E-state index contributed by atoms with van der Waals surface area (Å²) in [5.74, 6) is -0.394. The van der Waals surface area contributed by atoms with Crippen LogP contribution in [0.5, 0.6) is 11.5 Å². The summed E-state index contributed by atoms with van der Waals surface area (Å²) in [6.07, 6.45) is 3.55. The van der Waals surface area contributed by atoms with Crippen molar-refractivity contribution in [2.75, 3.05) is 21.3 Å². The molecule has 1 fully saturated rings. The van der Waals surface area contributed by atoms with Gasteiger partial charge in [-0.2, -0.15) is 0 Å². The zero-order valence-corrected chi connectivity index (χ0v) is 13.8. The molecule has 1 aliphatic carbocycles. The molecule has 1 N–H and O–H groups in total. The van der Waals surface area contributed by atoms with E-state index < -0.39 is 11.5 Å². The van der Waals surface area contributed by atoms with Crippen LogP contribution in [0.4, 0.5) is 0 Å². The zero-order chi connectivity index (χ0) is 17.0. The van der Waals surface area contributed by atoms with Crippen LogP contribution in [0.3, 0.4) is 0 Å². The second kappa shape index (κ2) is 6.89. The monoisotopic (exact) mass is 321 g/mol. The van der Waals surface area contributed by atoms with Crippen LogP contribution in [0.2, 0.25) is 0 Å². The van der Waals surface area contributed by atoms with E-state index in [9.17, 15) is 14.7 Å². The lowest BCUT2D eigenvalue weighted by molar-refractivity contribution is -0.151. The summed E-state index contributed by atoms with van der Waals surface area (Å²) in [5, 5.41) is 9.73. The predicted octanol–water partition coefficient (Wildman–Crippen LogP) is 2.56. The van der Waals surface area contributed by atoms with Gasteiger partial charge in [0.1, 0.15) is 17.0 Å². The zero-order valence-electron chi connectivity index (χ0n) is 13.8. The Morgan fingerprint density at radius 1 is 1.13 bits per heavy atom. The molecule has 0 heterocycles. The second-order valence-electron chi connectivity index (χ2n) is 5.83. The van der Waals surface area contributed by atoms with Crippen LogP contribution in [0.25, 0.3) is 0 Å². The predicted molar refractivity (Wildman–Crippen MR) is 85.1 cm³/mol. The quantitative estimate of drug-likeness (QED) is 0.902. The molecule has 6 nitrogen and oxygen atoms in total. The van der Waals surface area contributed by atoms with Gasteiger partial charge in [-0.1, -0.05) is 19.3 Å². The highest BCUT2D eigenvalue weighted by Crippen LogP contribution is 2.35. The van der Waals surface area contributed by atoms with Gasteiger partial charge in [-0.3, -0.25) is 4.79 Å². The number of benzene rings is 1. The van der Waals surface area contributed by atoms with Gasteiger partial charge in [-0.25, -0.2) is 4.79 Å². The van der Waals surface area contributed by atoms with Gasteiger partial charge in [-0.15, -0.1) is 0 Å². The van der Waals surface area contributed by atoms with Crippen LogP contribution in [0.15, 0.2) is 18.2 Å². The number of carbonyl (C=O) groups excluding carboxylic acids is 1. The Morgan fingerprint density at radius 2 is 1.78 bits per heavy atom. The number of aliphatic carboxylic acids is 1. The van der Waals surface area contributed by atoms with E-state index in [1.807, 2.05) is 0 Å². The van der Waals surface area contributed by atoms with E-state index in [4.69, 9.17) is 9.47 Å². The molecule has 0 aromatic heterocycles. The highest BCUT2D eigenvalue weighted by Gasteiger charge is 2.46. The Balaban J connectivity index is 2.40. The number of amides is 1. The molecule has 0 radical (unpaired) electrons. The van der Waals surface area contributed by atoms with Gasteiger partial charge < -0.3 is 19.5 Å². The lowest BCUT2D eigenvalue weighted by Gasteiger charge is -2.41. The van der Waals surface area contributed by atoms with Crippen molar-refractivity contribution < 1.29 is 24.2 Å². The lowest BCUT2D eigenvalue weighted by Crippen LogP contribution is -2.56. The fraction of sp³-hybridized carbons (Fsp3) is 0.529. The van der Waals surface area contributed by atoms with Crippen molar-refractivity contribution in [1.82, 2.24) is 4.90 Å². The molecule has 0 atom stereocenters. The lowest BCUT2D eigenvalue weighted by atomic mass is 9.80. The van der Waals surface area contributed by atoms with Gasteiger partial charge in [-0.05, 0) is 31.0 Å². The van der Waals surface area contributed by atoms with Gasteiger partial charge in [0.15, 0.2) is 0 Å². The molecular formula is C17H23NO5. The van der Waals surface area contributed by atoms with Gasteiger partial charge >= 0.3 is 5.97 Å². The molecule has 1 aromatic rings. The van der Waals surface area contributed by atoms with Crippen molar-refractivity contribution in [2.45, 2.75) is 37.6 Å². The van der Waals surface area contributed by atoms with Crippen molar-refractivity contribution >= 4 is 11.9 Å². The summed E-state index contributed by atoms with van der Waals surface area (Å²) in [5.41, 5.74) is -0.843. The third-order valence-electron chi connectivity index (χ3n) is 4.66. The molecule has 0 aliphatic heterocycles. The smallest absolute Gasteiger partial charge is 0.329 e. The number of carbonyl (C=O) groups is 2. The third kappa shape index (κ3) is 3.11. The largest absolute Gasteiger partial charge is 0.497 e. The van der Waals surface area contributed by atoms with Gasteiger partial charge in [0, 0.05) is 7.05 Å². The van der Waals surface area contributed by atoms with Crippen LogP contribution >= 0.6 is 0 Å². The van der Waals surface area contributed by atoms with Crippen molar-refractivity contribution in [1.29, 1.82) is 0 Å². The molecule has 126 valence electrons. The molecule has 1 aliphatic rings. The summed E-state index contributed by atoms with van der Waals surface area (Å²) in [4.78, 5) is 26.2. The molecule has 2 rings (SSSR count). The number of nitrogens with zero attached hydrogens (tertiary/aromatic N) is 1. The fourth-order valence-electron chi connectivity index (χ4n) is 3.19. The topological polar surface area (TPSA) is 76.1 Å². The Hall–Kier alpha value is -2.24. The van der Waals surface area contributed by atoms with Gasteiger partial charge in [0.2, 0.25) is 0 Å². The first kappa shape index (κ1) is 17.1. The minimum atomic E-state index is -1.15. The molecule has 23 heavy (non-hydrogen) atoms. The maximum Gasteiger partial charge on any atom is 0.329 e. The van der Waals surface area contributed by atoms with E-state index in [0.29, 0.717) is 29.9 Å². The molecule has 1 aromatic carbocycles. The van der Waals surface area contributed by atoms with E-state index >= 15 is 0 Å². The van der Waals surface area contributed by atoms with E-state index in [1.165, 1.54) is 19.1 Å². The van der Waals surface area contributed by atoms with E-state index in [-0.39, 0.29) is 5.91 Å². The van der Waals surface area contributed by atoms with E-state index in [0.717, 1.165) is 19.3 Å². The molecule has 1 saturated carbocycles. The standard InChI is InChI=1S/C17H23NO5/c1-18(17(16(20)21)9-5-4-6-10-17)15(19)13-11-12(22-2)7-8-14(13)23-3/h7-8,11H,4-6,9-10H2,1-3H3,(H,20,21). The van der Waals surface area contributed by atoms with Crippen molar-refractivity contribution in [2.24, 2.45) is 0 Å². The first-order chi connectivity index (χ1) is 11.0. The van der Waals surface area contributed by atoms with E-state index in [1.54, 1.807) is 25.2 Å². The second-order valence-corrected chi connectivity index (χ2v) is 5.83. The number of likely N-dealkylation sites (N-methyl/N-ethyl adjacent to an activating group) is 1. The fourth-order valence-corrected chi connectivity index (χ4v) is 3.19. The van der Waals surface area contributed by atoms with Crippen LogP contribution in [-0.4, -0.2) is 48.7 Å². The number of hydrogen-bond donors (Lipinski definition) is 1. The Bertz CT molecular complexity index is 593. The van der Waals surface area contributed by atoms with Crippen molar-refractivity contribution in [3.63, 3.8) is 0 Å². The van der Waals surface area contributed by atoms with Crippen molar-refractivity contribution in [3.05, 3.63) is 23.8 Å². The Morgan fingerprint density at radius 3 is 2.30 bits per heavy atom. The SMILES string of the molecule is COc1ccc(OC)c(C(=O)N(C)C2(C(=O)O)CCCCC2)c1. The van der Waals surface area contributed by atoms with E-state index in [2.05, 4.69) is 0 Å². The van der Waals surface area contributed by atoms with Crippen LogP contribution in [-0.2, 0) is 4.79 Å². The minimum Gasteiger partial charge on any atom is -0.497 e. The molecule has 6 heteroatoms. The van der Waals surface area contributed by atoms with Crippen LogP contribution < -0.4 is 9.47 Å². The summed E-state index contributed by atoms with van der Waals surface area (Å²) < 4.78 is 10.4. The summed E-state index contributed by atoms with van der Waals surface area (Å²) >= 11 is 0. The molecule has 0 bridgehead atoms. The normalized spacial score (nSPS) is 16.5. The highest BCUT2D eigenvalue weighted by atomic mass is 16.5.